The van der Waals surface area contributed by atoms with Gasteiger partial charge in [-0.2, -0.15) is 0 Å². The molecule has 0 saturated carbocycles. The summed E-state index contributed by atoms with van der Waals surface area (Å²) >= 11 is 0. The quantitative estimate of drug-likeness (QED) is 0.367. The van der Waals surface area contributed by atoms with Gasteiger partial charge in [-0.15, -0.1) is 0 Å². The summed E-state index contributed by atoms with van der Waals surface area (Å²) in [6, 6.07) is 25.4. The van der Waals surface area contributed by atoms with E-state index >= 15 is 0 Å². The number of amides is 2. The predicted molar refractivity (Wildman–Crippen MR) is 152 cm³/mol. The standard InChI is InChI=1S/C32H35N3O5/c1-22(33-31(39)40-21-28-26-13-7-5-11-24(26)25-12-6-8-14-27(25)28)30(38)34-32(19-29(36)37)15-17-35(18-16-32)20-23-9-3-2-4-10-23/h2-14,22,28H,15-21H2,1H3,(H,33,39)(H,34,38)(H,36,37). The van der Waals surface area contributed by atoms with Gasteiger partial charge in [-0.3, -0.25) is 14.5 Å². The maximum atomic E-state index is 13.1. The number of aliphatic carboxylic acids is 1. The van der Waals surface area contributed by atoms with Crippen LogP contribution in [0.3, 0.4) is 0 Å². The summed E-state index contributed by atoms with van der Waals surface area (Å²) in [4.78, 5) is 39.8. The van der Waals surface area contributed by atoms with Gasteiger partial charge in [-0.05, 0) is 47.6 Å². The van der Waals surface area contributed by atoms with E-state index in [9.17, 15) is 19.5 Å². The molecule has 1 unspecified atom stereocenters. The van der Waals surface area contributed by atoms with Crippen molar-refractivity contribution in [2.75, 3.05) is 19.7 Å². The molecule has 0 bridgehead atoms. The Balaban J connectivity index is 1.15. The number of hydrogen-bond acceptors (Lipinski definition) is 5. The largest absolute Gasteiger partial charge is 0.481 e. The second-order valence-corrected chi connectivity index (χ2v) is 10.8. The third-order valence-corrected chi connectivity index (χ3v) is 8.01. The predicted octanol–water partition coefficient (Wildman–Crippen LogP) is 4.54. The minimum atomic E-state index is -0.964. The number of carboxylic acid groups (broad SMARTS) is 1. The first-order valence-corrected chi connectivity index (χ1v) is 13.8. The zero-order valence-electron chi connectivity index (χ0n) is 22.6. The van der Waals surface area contributed by atoms with Gasteiger partial charge in [-0.25, -0.2) is 4.79 Å². The second kappa shape index (κ2) is 11.9. The average molecular weight is 542 g/mol. The van der Waals surface area contributed by atoms with Crippen molar-refractivity contribution in [3.8, 4) is 11.1 Å². The molecular formula is C32H35N3O5. The molecule has 2 amide bonds. The van der Waals surface area contributed by atoms with Crippen molar-refractivity contribution in [3.05, 3.63) is 95.6 Å². The Kier molecular flexibility index (Phi) is 8.16. The number of carboxylic acids is 1. The first kappa shape index (κ1) is 27.4. The lowest BCUT2D eigenvalue weighted by Crippen LogP contribution is -2.59. The molecule has 8 nitrogen and oxygen atoms in total. The number of hydrogen-bond donors (Lipinski definition) is 3. The molecule has 3 aromatic carbocycles. The zero-order valence-corrected chi connectivity index (χ0v) is 22.6. The molecule has 5 rings (SSSR count). The Morgan fingerprint density at radius 3 is 2.10 bits per heavy atom. The fourth-order valence-corrected chi connectivity index (χ4v) is 5.87. The molecule has 0 spiro atoms. The maximum absolute atomic E-state index is 13.1. The smallest absolute Gasteiger partial charge is 0.407 e. The van der Waals surface area contributed by atoms with Crippen molar-refractivity contribution >= 4 is 18.0 Å². The first-order valence-electron chi connectivity index (χ1n) is 13.8. The molecule has 1 heterocycles. The number of likely N-dealkylation sites (tertiary alicyclic amines) is 1. The molecule has 1 atom stereocenters. The SMILES string of the molecule is CC(NC(=O)OCC1c2ccccc2-c2ccccc21)C(=O)NC1(CC(=O)O)CCN(Cc2ccccc2)CC1. The number of fused-ring (bicyclic) bond motifs is 3. The molecular weight excluding hydrogens is 506 g/mol. The second-order valence-electron chi connectivity index (χ2n) is 10.8. The summed E-state index contributed by atoms with van der Waals surface area (Å²) in [5, 5.41) is 15.2. The summed E-state index contributed by atoms with van der Waals surface area (Å²) in [7, 11) is 0. The number of alkyl carbamates (subject to hydrolysis) is 1. The van der Waals surface area contributed by atoms with Gasteiger partial charge < -0.3 is 20.5 Å². The van der Waals surface area contributed by atoms with Crippen molar-refractivity contribution in [2.45, 2.75) is 50.2 Å². The molecule has 0 aromatic heterocycles. The van der Waals surface area contributed by atoms with Gasteiger partial charge in [-0.1, -0.05) is 78.9 Å². The molecule has 1 aliphatic carbocycles. The van der Waals surface area contributed by atoms with Crippen LogP contribution >= 0.6 is 0 Å². The number of benzene rings is 3. The van der Waals surface area contributed by atoms with Crippen molar-refractivity contribution in [1.29, 1.82) is 0 Å². The average Bonchev–Trinajstić information content (AvgIpc) is 3.27. The number of nitrogens with zero attached hydrogens (tertiary/aromatic N) is 1. The van der Waals surface area contributed by atoms with Gasteiger partial charge in [0, 0.05) is 25.6 Å². The molecule has 8 heteroatoms. The summed E-state index contributed by atoms with van der Waals surface area (Å²) in [5.74, 6) is -1.47. The number of carbonyl (C=O) groups excluding carboxylic acids is 2. The Morgan fingerprint density at radius 1 is 0.925 bits per heavy atom. The van der Waals surface area contributed by atoms with E-state index in [2.05, 4.69) is 39.8 Å². The Bertz CT molecular complexity index is 1320. The minimum Gasteiger partial charge on any atom is -0.481 e. The van der Waals surface area contributed by atoms with Gasteiger partial charge in [0.15, 0.2) is 0 Å². The monoisotopic (exact) mass is 541 g/mol. The number of carbonyl (C=O) groups is 3. The molecule has 40 heavy (non-hydrogen) atoms. The highest BCUT2D eigenvalue weighted by Gasteiger charge is 2.39. The van der Waals surface area contributed by atoms with E-state index < -0.39 is 29.6 Å². The van der Waals surface area contributed by atoms with E-state index in [1.54, 1.807) is 6.92 Å². The highest BCUT2D eigenvalue weighted by molar-refractivity contribution is 5.86. The summed E-state index contributed by atoms with van der Waals surface area (Å²) in [6.07, 6.45) is 0.162. The van der Waals surface area contributed by atoms with E-state index in [1.165, 1.54) is 5.56 Å². The summed E-state index contributed by atoms with van der Waals surface area (Å²) < 4.78 is 5.58. The van der Waals surface area contributed by atoms with Crippen LogP contribution in [0.15, 0.2) is 78.9 Å². The van der Waals surface area contributed by atoms with Gasteiger partial charge in [0.05, 0.1) is 12.0 Å². The normalized spacial score (nSPS) is 16.8. The summed E-state index contributed by atoms with van der Waals surface area (Å²) in [6.45, 7) is 3.83. The van der Waals surface area contributed by atoms with Gasteiger partial charge in [0.25, 0.3) is 0 Å². The lowest BCUT2D eigenvalue weighted by atomic mass is 9.83. The van der Waals surface area contributed by atoms with E-state index in [4.69, 9.17) is 4.74 Å². The highest BCUT2D eigenvalue weighted by atomic mass is 16.5. The molecule has 2 aliphatic rings. The van der Waals surface area contributed by atoms with Crippen LogP contribution in [0.5, 0.6) is 0 Å². The number of ether oxygens (including phenoxy) is 1. The zero-order chi connectivity index (χ0) is 28.1. The molecule has 3 aromatic rings. The van der Waals surface area contributed by atoms with E-state index in [1.807, 2.05) is 54.6 Å². The van der Waals surface area contributed by atoms with Gasteiger partial charge in [0.1, 0.15) is 12.6 Å². The van der Waals surface area contributed by atoms with Crippen molar-refractivity contribution < 1.29 is 24.2 Å². The molecule has 208 valence electrons. The van der Waals surface area contributed by atoms with E-state index in [-0.39, 0.29) is 18.9 Å². The fraction of sp³-hybridized carbons (Fsp3) is 0.344. The third kappa shape index (κ3) is 6.18. The Hall–Kier alpha value is -4.17. The lowest BCUT2D eigenvalue weighted by Gasteiger charge is -2.42. The highest BCUT2D eigenvalue weighted by Crippen LogP contribution is 2.44. The van der Waals surface area contributed by atoms with Gasteiger partial charge >= 0.3 is 12.1 Å². The molecule has 1 saturated heterocycles. The molecule has 0 radical (unpaired) electrons. The number of piperidine rings is 1. The lowest BCUT2D eigenvalue weighted by molar-refractivity contribution is -0.140. The Morgan fingerprint density at radius 2 is 1.50 bits per heavy atom. The van der Waals surface area contributed by atoms with Crippen LogP contribution in [0.1, 0.15) is 48.8 Å². The fourth-order valence-electron chi connectivity index (χ4n) is 5.87. The Labute approximate surface area is 234 Å². The van der Waals surface area contributed by atoms with Crippen LogP contribution in [-0.4, -0.2) is 59.3 Å². The number of nitrogens with one attached hydrogen (secondary N) is 2. The maximum Gasteiger partial charge on any atom is 0.407 e. The van der Waals surface area contributed by atoms with Crippen molar-refractivity contribution in [2.24, 2.45) is 0 Å². The van der Waals surface area contributed by atoms with Crippen molar-refractivity contribution in [1.82, 2.24) is 15.5 Å². The van der Waals surface area contributed by atoms with Crippen LogP contribution in [0.25, 0.3) is 11.1 Å². The third-order valence-electron chi connectivity index (χ3n) is 8.01. The number of rotatable bonds is 9. The molecule has 3 N–H and O–H groups in total. The van der Waals surface area contributed by atoms with E-state index in [0.29, 0.717) is 25.9 Å². The summed E-state index contributed by atoms with van der Waals surface area (Å²) in [5.41, 5.74) is 4.82. The van der Waals surface area contributed by atoms with Crippen LogP contribution in [-0.2, 0) is 20.9 Å². The molecule has 1 aliphatic heterocycles. The van der Waals surface area contributed by atoms with Gasteiger partial charge in [0.2, 0.25) is 5.91 Å². The van der Waals surface area contributed by atoms with Crippen molar-refractivity contribution in [3.63, 3.8) is 0 Å². The topological polar surface area (TPSA) is 108 Å². The van der Waals surface area contributed by atoms with Crippen LogP contribution < -0.4 is 10.6 Å². The van der Waals surface area contributed by atoms with E-state index in [0.717, 1.165) is 28.8 Å². The van der Waals surface area contributed by atoms with Crippen LogP contribution in [0.2, 0.25) is 0 Å². The molecule has 1 fully saturated rings. The van der Waals surface area contributed by atoms with Crippen LogP contribution in [0, 0.1) is 0 Å². The minimum absolute atomic E-state index is 0.0813. The first-order chi connectivity index (χ1) is 19.3. The van der Waals surface area contributed by atoms with Crippen LogP contribution in [0.4, 0.5) is 4.79 Å².